The van der Waals surface area contributed by atoms with E-state index >= 15 is 0 Å². The van der Waals surface area contributed by atoms with Crippen LogP contribution in [0.3, 0.4) is 0 Å². The summed E-state index contributed by atoms with van der Waals surface area (Å²) in [6, 6.07) is 30.6. The van der Waals surface area contributed by atoms with Crippen molar-refractivity contribution in [3.8, 4) is 22.3 Å². The summed E-state index contributed by atoms with van der Waals surface area (Å²) in [5.74, 6) is 0. The summed E-state index contributed by atoms with van der Waals surface area (Å²) in [4.78, 5) is 3.65. The molecule has 194 valence electrons. The average molecular weight is 517 g/mol. The van der Waals surface area contributed by atoms with E-state index in [1.807, 2.05) is 25.2 Å². The molecule has 6 rings (SSSR count). The number of benzene rings is 4. The molecule has 0 amide bonds. The van der Waals surface area contributed by atoms with Gasteiger partial charge in [-0.3, -0.25) is 0 Å². The molecule has 2 aromatic heterocycles. The maximum atomic E-state index is 4.19. The van der Waals surface area contributed by atoms with Gasteiger partial charge in [0.1, 0.15) is 0 Å². The Morgan fingerprint density at radius 2 is 1.50 bits per heavy atom. The van der Waals surface area contributed by atoms with E-state index in [0.29, 0.717) is 0 Å². The molecule has 0 spiro atoms. The van der Waals surface area contributed by atoms with Crippen molar-refractivity contribution >= 4 is 50.6 Å². The summed E-state index contributed by atoms with van der Waals surface area (Å²) < 4.78 is 2.27. The van der Waals surface area contributed by atoms with Gasteiger partial charge in [-0.05, 0) is 84.7 Å². The average Bonchev–Trinajstić information content (AvgIpc) is 3.51. The van der Waals surface area contributed by atoms with Crippen LogP contribution in [-0.4, -0.2) is 9.55 Å². The molecule has 2 heteroatoms. The number of fused-ring (bicyclic) bond motifs is 4. The molecule has 2 heterocycles. The fraction of sp³-hybridized carbons (Fsp3) is 0.0526. The highest BCUT2D eigenvalue weighted by Gasteiger charge is 2.18. The third-order valence-electron chi connectivity index (χ3n) is 7.50. The lowest BCUT2D eigenvalue weighted by Crippen LogP contribution is -1.97. The normalized spacial score (nSPS) is 12.4. The Bertz CT molecular complexity index is 1990. The van der Waals surface area contributed by atoms with E-state index in [2.05, 4.69) is 139 Å². The Labute approximate surface area is 235 Å². The molecule has 0 atom stereocenters. The largest absolute Gasteiger partial charge is 0.354 e. The fourth-order valence-corrected chi connectivity index (χ4v) is 5.81. The third kappa shape index (κ3) is 4.15. The monoisotopic (exact) mass is 516 g/mol. The van der Waals surface area contributed by atoms with E-state index in [-0.39, 0.29) is 0 Å². The summed E-state index contributed by atoms with van der Waals surface area (Å²) in [7, 11) is 0. The molecule has 40 heavy (non-hydrogen) atoms. The van der Waals surface area contributed by atoms with E-state index in [0.717, 1.165) is 33.5 Å². The molecule has 1 N–H and O–H groups in total. The molecule has 0 radical (unpaired) electrons. The van der Waals surface area contributed by atoms with Gasteiger partial charge in [0, 0.05) is 38.5 Å². The van der Waals surface area contributed by atoms with Gasteiger partial charge in [-0.25, -0.2) is 0 Å². The summed E-state index contributed by atoms with van der Waals surface area (Å²) in [5.41, 5.74) is 11.5. The first-order valence-electron chi connectivity index (χ1n) is 13.7. The van der Waals surface area contributed by atoms with Gasteiger partial charge in [0.05, 0.1) is 11.2 Å². The lowest BCUT2D eigenvalue weighted by Gasteiger charge is -2.13. The molecular formula is C38H32N2. The van der Waals surface area contributed by atoms with Crippen LogP contribution < -0.4 is 0 Å². The van der Waals surface area contributed by atoms with Crippen LogP contribution >= 0.6 is 0 Å². The Morgan fingerprint density at radius 1 is 0.725 bits per heavy atom. The molecule has 0 aliphatic heterocycles. The number of hydrogen-bond donors (Lipinski definition) is 1. The second kappa shape index (κ2) is 10.6. The number of H-pyrrole nitrogens is 1. The molecule has 6 aromatic rings. The Morgan fingerprint density at radius 3 is 2.25 bits per heavy atom. The smallest absolute Gasteiger partial charge is 0.0541 e. The van der Waals surface area contributed by atoms with Gasteiger partial charge in [-0.15, -0.1) is 0 Å². The molecular weight excluding hydrogens is 484 g/mol. The third-order valence-corrected chi connectivity index (χ3v) is 7.50. The zero-order valence-corrected chi connectivity index (χ0v) is 23.0. The molecule has 0 aliphatic carbocycles. The number of nitrogens with zero attached hydrogens (tertiary/aromatic N) is 1. The number of rotatable bonds is 7. The van der Waals surface area contributed by atoms with Crippen molar-refractivity contribution < 1.29 is 0 Å². The summed E-state index contributed by atoms with van der Waals surface area (Å²) in [6.45, 7) is 12.2. The van der Waals surface area contributed by atoms with Crippen molar-refractivity contribution in [3.63, 3.8) is 0 Å². The minimum absolute atomic E-state index is 1.05. The van der Waals surface area contributed by atoms with Crippen LogP contribution in [0.1, 0.15) is 25.1 Å². The van der Waals surface area contributed by atoms with Crippen molar-refractivity contribution in [2.45, 2.75) is 13.8 Å². The zero-order chi connectivity index (χ0) is 27.6. The predicted octanol–water partition coefficient (Wildman–Crippen LogP) is 10.9. The predicted molar refractivity (Wildman–Crippen MR) is 176 cm³/mol. The van der Waals surface area contributed by atoms with Gasteiger partial charge in [0.2, 0.25) is 0 Å². The first-order chi connectivity index (χ1) is 19.7. The topological polar surface area (TPSA) is 20.7 Å². The van der Waals surface area contributed by atoms with Crippen LogP contribution in [0.2, 0.25) is 0 Å². The van der Waals surface area contributed by atoms with Crippen LogP contribution in [0.4, 0.5) is 0 Å². The van der Waals surface area contributed by atoms with Crippen molar-refractivity contribution in [1.29, 1.82) is 0 Å². The number of aromatic amines is 1. The number of para-hydroxylation sites is 1. The molecule has 0 saturated heterocycles. The van der Waals surface area contributed by atoms with Gasteiger partial charge >= 0.3 is 0 Å². The number of allylic oxidation sites excluding steroid dienone is 6. The second-order valence-electron chi connectivity index (χ2n) is 9.88. The molecule has 0 aliphatic rings. The molecule has 0 saturated carbocycles. The minimum atomic E-state index is 1.05. The quantitative estimate of drug-likeness (QED) is 0.204. The van der Waals surface area contributed by atoms with E-state index in [1.165, 1.54) is 38.4 Å². The minimum Gasteiger partial charge on any atom is -0.354 e. The van der Waals surface area contributed by atoms with Gasteiger partial charge in [0.15, 0.2) is 0 Å². The van der Waals surface area contributed by atoms with E-state index in [1.54, 1.807) is 0 Å². The first kappa shape index (κ1) is 25.2. The molecule has 0 bridgehead atoms. The van der Waals surface area contributed by atoms with Crippen LogP contribution in [-0.2, 0) is 0 Å². The maximum Gasteiger partial charge on any atom is 0.0541 e. The number of hydrogen-bond acceptors (Lipinski definition) is 0. The van der Waals surface area contributed by atoms with Crippen molar-refractivity contribution in [2.24, 2.45) is 0 Å². The zero-order valence-electron chi connectivity index (χ0n) is 23.0. The highest BCUT2D eigenvalue weighted by atomic mass is 15.0. The van der Waals surface area contributed by atoms with Crippen LogP contribution in [0, 0.1) is 0 Å². The van der Waals surface area contributed by atoms with E-state index in [9.17, 15) is 0 Å². The molecule has 0 fully saturated rings. The second-order valence-corrected chi connectivity index (χ2v) is 9.88. The Kier molecular flexibility index (Phi) is 6.67. The fourth-order valence-electron chi connectivity index (χ4n) is 5.81. The molecule has 2 nitrogen and oxygen atoms in total. The van der Waals surface area contributed by atoms with E-state index < -0.39 is 0 Å². The summed E-state index contributed by atoms with van der Waals surface area (Å²) >= 11 is 0. The van der Waals surface area contributed by atoms with Gasteiger partial charge in [-0.2, -0.15) is 0 Å². The summed E-state index contributed by atoms with van der Waals surface area (Å²) in [6.07, 6.45) is 14.3. The number of nitrogens with one attached hydrogen (secondary N) is 1. The summed E-state index contributed by atoms with van der Waals surface area (Å²) in [5, 5.41) is 3.66. The lowest BCUT2D eigenvalue weighted by molar-refractivity contribution is 1.15. The maximum absolute atomic E-state index is 4.19. The molecule has 4 aromatic carbocycles. The van der Waals surface area contributed by atoms with Gasteiger partial charge < -0.3 is 9.55 Å². The van der Waals surface area contributed by atoms with Gasteiger partial charge in [0.25, 0.3) is 0 Å². The highest BCUT2D eigenvalue weighted by Crippen LogP contribution is 2.41. The molecule has 0 unspecified atom stereocenters. The Balaban J connectivity index is 1.68. The SMILES string of the molecule is C=C/C=C(\C=C/C)n1c(C=C)c(/C=C\C)c2cc(-c3cc4[nH]c5ccccc5c4cc3-c3ccccc3)ccc21. The van der Waals surface area contributed by atoms with Crippen LogP contribution in [0.25, 0.3) is 72.8 Å². The van der Waals surface area contributed by atoms with Gasteiger partial charge in [-0.1, -0.05) is 92.1 Å². The highest BCUT2D eigenvalue weighted by molar-refractivity contribution is 6.11. The van der Waals surface area contributed by atoms with Crippen molar-refractivity contribution in [1.82, 2.24) is 9.55 Å². The van der Waals surface area contributed by atoms with Crippen molar-refractivity contribution in [3.05, 3.63) is 140 Å². The van der Waals surface area contributed by atoms with Crippen LogP contribution in [0.15, 0.2) is 128 Å². The van der Waals surface area contributed by atoms with E-state index in [4.69, 9.17) is 0 Å². The standard InChI is InChI=1S/C38H32N2/c1-5-14-28(15-6-2)40-37(8-4)30(16-7-3)34-23-27(21-22-38(34)40)32-25-36-33(29-19-12-13-20-35(29)39-36)24-31(32)26-17-10-9-11-18-26/h5-25,39H,1,4H2,2-3H3/b15-6-,16-7-,28-14+. The Hall–Kier alpha value is -5.08. The van der Waals surface area contributed by atoms with Crippen LogP contribution in [0.5, 0.6) is 0 Å². The van der Waals surface area contributed by atoms with Crippen molar-refractivity contribution in [2.75, 3.05) is 0 Å². The lowest BCUT2D eigenvalue weighted by atomic mass is 9.92. The number of aromatic nitrogens is 2. The first-order valence-corrected chi connectivity index (χ1v) is 13.7.